The Morgan fingerprint density at radius 3 is 2.90 bits per heavy atom. The molecule has 3 aliphatic rings. The number of methoxy groups -OCH3 is 1. The highest BCUT2D eigenvalue weighted by molar-refractivity contribution is 5.82. The third kappa shape index (κ3) is 3.62. The summed E-state index contributed by atoms with van der Waals surface area (Å²) in [7, 11) is 1.68. The number of carbonyl (C=O) groups is 1. The van der Waals surface area contributed by atoms with Gasteiger partial charge in [0, 0.05) is 24.2 Å². The van der Waals surface area contributed by atoms with Crippen molar-refractivity contribution in [1.82, 2.24) is 20.2 Å². The quantitative estimate of drug-likeness (QED) is 0.782. The number of hydrogen-bond donors (Lipinski definition) is 2. The normalized spacial score (nSPS) is 25.0. The van der Waals surface area contributed by atoms with Gasteiger partial charge in [-0.05, 0) is 56.7 Å². The lowest BCUT2D eigenvalue weighted by atomic mass is 9.74. The summed E-state index contributed by atoms with van der Waals surface area (Å²) in [5, 5.41) is 3.16. The molecule has 5 rings (SSSR count). The van der Waals surface area contributed by atoms with Crippen LogP contribution in [0.15, 0.2) is 18.5 Å². The Balaban J connectivity index is 1.31. The lowest BCUT2D eigenvalue weighted by molar-refractivity contribution is -0.154. The van der Waals surface area contributed by atoms with Gasteiger partial charge in [0.25, 0.3) is 0 Å². The fourth-order valence-corrected chi connectivity index (χ4v) is 4.71. The van der Waals surface area contributed by atoms with Gasteiger partial charge in [0.2, 0.25) is 5.91 Å². The number of ether oxygens (including phenoxy) is 2. The van der Waals surface area contributed by atoms with Crippen LogP contribution >= 0.6 is 0 Å². The van der Waals surface area contributed by atoms with Gasteiger partial charge in [0.15, 0.2) is 0 Å². The number of amides is 1. The molecule has 1 spiro atoms. The Bertz CT molecular complexity index is 916. The first-order chi connectivity index (χ1) is 14.0. The van der Waals surface area contributed by atoms with E-state index in [9.17, 15) is 4.79 Å². The maximum absolute atomic E-state index is 12.4. The Kier molecular flexibility index (Phi) is 4.55. The molecule has 1 amide bonds. The van der Waals surface area contributed by atoms with Gasteiger partial charge >= 0.3 is 0 Å². The summed E-state index contributed by atoms with van der Waals surface area (Å²) in [5.74, 6) is 0.906. The number of nitrogens with zero attached hydrogens (tertiary/aromatic N) is 2. The van der Waals surface area contributed by atoms with Crippen molar-refractivity contribution in [2.45, 2.75) is 69.2 Å². The molecule has 0 bridgehead atoms. The van der Waals surface area contributed by atoms with Gasteiger partial charge in [0.1, 0.15) is 11.3 Å². The van der Waals surface area contributed by atoms with Crippen molar-refractivity contribution in [3.63, 3.8) is 0 Å². The number of fused-ring (bicyclic) bond motifs is 1. The minimum atomic E-state index is -0.0543. The molecule has 3 fully saturated rings. The zero-order chi connectivity index (χ0) is 20.1. The molecule has 2 aliphatic carbocycles. The average molecular weight is 399 g/mol. The van der Waals surface area contributed by atoms with Crippen molar-refractivity contribution in [2.24, 2.45) is 0 Å². The number of morpholine rings is 1. The van der Waals surface area contributed by atoms with Crippen molar-refractivity contribution < 1.29 is 14.3 Å². The van der Waals surface area contributed by atoms with Crippen LogP contribution in [0, 0.1) is 0 Å². The summed E-state index contributed by atoms with van der Waals surface area (Å²) >= 11 is 0. The van der Waals surface area contributed by atoms with Crippen LogP contribution < -0.4 is 10.1 Å². The van der Waals surface area contributed by atoms with E-state index >= 15 is 0 Å². The number of imidazole rings is 1. The van der Waals surface area contributed by atoms with E-state index in [0.29, 0.717) is 13.0 Å². The lowest BCUT2D eigenvalue weighted by Crippen LogP contribution is -2.62. The molecule has 29 heavy (non-hydrogen) atoms. The van der Waals surface area contributed by atoms with Crippen molar-refractivity contribution in [2.75, 3.05) is 20.3 Å². The Morgan fingerprint density at radius 1 is 1.38 bits per heavy atom. The first-order valence-electron chi connectivity index (χ1n) is 10.7. The van der Waals surface area contributed by atoms with E-state index in [1.54, 1.807) is 13.4 Å². The molecular formula is C22H30N4O3. The molecule has 1 aromatic carbocycles. The summed E-state index contributed by atoms with van der Waals surface area (Å²) in [6.45, 7) is 4.44. The smallest absolute Gasteiger partial charge is 0.223 e. The molecule has 2 heterocycles. The third-order valence-corrected chi connectivity index (χ3v) is 6.96. The first kappa shape index (κ1) is 18.9. The zero-order valence-electron chi connectivity index (χ0n) is 17.3. The second-order valence-electron chi connectivity index (χ2n) is 9.30. The van der Waals surface area contributed by atoms with Crippen LogP contribution in [0.3, 0.4) is 0 Å². The summed E-state index contributed by atoms with van der Waals surface area (Å²) in [6, 6.07) is 4.24. The molecule has 1 atom stereocenters. The monoisotopic (exact) mass is 398 g/mol. The topological polar surface area (TPSA) is 79.5 Å². The fourth-order valence-electron chi connectivity index (χ4n) is 4.71. The number of carbonyl (C=O) groups excluding carboxylic acids is 1. The van der Waals surface area contributed by atoms with Gasteiger partial charge in [-0.3, -0.25) is 9.69 Å². The van der Waals surface area contributed by atoms with Gasteiger partial charge in [-0.1, -0.05) is 0 Å². The predicted molar refractivity (Wildman–Crippen MR) is 110 cm³/mol. The van der Waals surface area contributed by atoms with Crippen LogP contribution in [-0.4, -0.2) is 58.2 Å². The van der Waals surface area contributed by atoms with E-state index in [-0.39, 0.29) is 23.1 Å². The second-order valence-corrected chi connectivity index (χ2v) is 9.30. The summed E-state index contributed by atoms with van der Waals surface area (Å²) in [5.41, 5.74) is 3.19. The Morgan fingerprint density at radius 2 is 2.21 bits per heavy atom. The number of benzene rings is 1. The molecule has 2 saturated carbocycles. The number of H-pyrrole nitrogens is 1. The maximum Gasteiger partial charge on any atom is 0.223 e. The van der Waals surface area contributed by atoms with E-state index in [2.05, 4.69) is 39.2 Å². The van der Waals surface area contributed by atoms with Gasteiger partial charge in [-0.15, -0.1) is 0 Å². The Labute approximate surface area is 171 Å². The molecule has 1 saturated heterocycles. The zero-order valence-corrected chi connectivity index (χ0v) is 17.3. The van der Waals surface area contributed by atoms with Crippen molar-refractivity contribution >= 4 is 16.9 Å². The second kappa shape index (κ2) is 6.99. The molecule has 0 radical (unpaired) electrons. The SMILES string of the molecule is COc1cc(CN2CC(CC(=O)NC3(C)CC3)OCC23CCC3)cc2[nH]cnc12. The average Bonchev–Trinajstić information content (AvgIpc) is 3.18. The molecule has 2 aromatic rings. The van der Waals surface area contributed by atoms with E-state index in [1.165, 1.54) is 12.0 Å². The van der Waals surface area contributed by atoms with Crippen LogP contribution in [0.5, 0.6) is 5.75 Å². The minimum absolute atomic E-state index is 0.0245. The van der Waals surface area contributed by atoms with Crippen LogP contribution in [-0.2, 0) is 16.1 Å². The number of rotatable bonds is 6. The summed E-state index contributed by atoms with van der Waals surface area (Å²) in [4.78, 5) is 22.5. The first-order valence-corrected chi connectivity index (χ1v) is 10.7. The largest absolute Gasteiger partial charge is 0.494 e. The number of nitrogens with one attached hydrogen (secondary N) is 2. The van der Waals surface area contributed by atoms with Gasteiger partial charge < -0.3 is 19.8 Å². The highest BCUT2D eigenvalue weighted by Gasteiger charge is 2.47. The molecule has 1 aromatic heterocycles. The molecule has 1 aliphatic heterocycles. The molecule has 1 unspecified atom stereocenters. The van der Waals surface area contributed by atoms with Gasteiger partial charge in [-0.25, -0.2) is 4.98 Å². The number of aromatic nitrogens is 2. The molecule has 156 valence electrons. The minimum Gasteiger partial charge on any atom is -0.494 e. The molecule has 2 N–H and O–H groups in total. The lowest BCUT2D eigenvalue weighted by Gasteiger charge is -2.54. The van der Waals surface area contributed by atoms with Crippen LogP contribution in [0.25, 0.3) is 11.0 Å². The maximum atomic E-state index is 12.4. The molecule has 7 nitrogen and oxygen atoms in total. The van der Waals surface area contributed by atoms with Crippen LogP contribution in [0.2, 0.25) is 0 Å². The van der Waals surface area contributed by atoms with Crippen molar-refractivity contribution in [1.29, 1.82) is 0 Å². The standard InChI is InChI=1S/C22H30N4O3/c1-21(6-7-21)25-19(27)10-16-12-26(22(13-29-16)4-3-5-22)11-15-8-17-20(24-14-23-17)18(9-15)28-2/h8-9,14,16H,3-7,10-13H2,1-2H3,(H,23,24)(H,25,27). The van der Waals surface area contributed by atoms with Crippen LogP contribution in [0.4, 0.5) is 0 Å². The van der Waals surface area contributed by atoms with Crippen molar-refractivity contribution in [3.8, 4) is 5.75 Å². The highest BCUT2D eigenvalue weighted by Crippen LogP contribution is 2.42. The summed E-state index contributed by atoms with van der Waals surface area (Å²) < 4.78 is 11.7. The van der Waals surface area contributed by atoms with Gasteiger partial charge in [0.05, 0.1) is 38.1 Å². The van der Waals surface area contributed by atoms with Crippen LogP contribution in [0.1, 0.15) is 51.0 Å². The van der Waals surface area contributed by atoms with E-state index in [1.807, 2.05) is 0 Å². The molecule has 7 heteroatoms. The van der Waals surface area contributed by atoms with E-state index in [0.717, 1.165) is 55.6 Å². The number of hydrogen-bond acceptors (Lipinski definition) is 5. The fraction of sp³-hybridized carbons (Fsp3) is 0.636. The van der Waals surface area contributed by atoms with Crippen molar-refractivity contribution in [3.05, 3.63) is 24.0 Å². The third-order valence-electron chi connectivity index (χ3n) is 6.96. The summed E-state index contributed by atoms with van der Waals surface area (Å²) in [6.07, 6.45) is 7.81. The Hall–Kier alpha value is -2.12. The molecular weight excluding hydrogens is 368 g/mol. The predicted octanol–water partition coefficient (Wildman–Crippen LogP) is 2.75. The van der Waals surface area contributed by atoms with E-state index in [4.69, 9.17) is 9.47 Å². The highest BCUT2D eigenvalue weighted by atomic mass is 16.5. The number of aromatic amines is 1. The van der Waals surface area contributed by atoms with Gasteiger partial charge in [-0.2, -0.15) is 0 Å². The van der Waals surface area contributed by atoms with E-state index < -0.39 is 0 Å².